The Balaban J connectivity index is 4.12. The van der Waals surface area contributed by atoms with Crippen LogP contribution >= 0.6 is 0 Å². The minimum absolute atomic E-state index is 0.287. The molecule has 0 heterocycles. The van der Waals surface area contributed by atoms with Crippen molar-refractivity contribution in [2.45, 2.75) is 32.8 Å². The van der Waals surface area contributed by atoms with E-state index in [4.69, 9.17) is 9.47 Å². The average molecular weight is 160 g/mol. The summed E-state index contributed by atoms with van der Waals surface area (Å²) in [5, 5.41) is 0. The molecule has 0 rings (SSSR count). The van der Waals surface area contributed by atoms with Crippen LogP contribution in [-0.2, 0) is 14.3 Å². The molecule has 0 aliphatic carbocycles. The molecule has 0 N–H and O–H groups in total. The molecule has 0 aromatic carbocycles. The smallest absolute Gasteiger partial charge is 0.338 e. The second kappa shape index (κ2) is 4.34. The summed E-state index contributed by atoms with van der Waals surface area (Å²) in [6.45, 7) is 5.80. The predicted octanol–water partition coefficient (Wildman–Crippen LogP) is 1.36. The highest BCUT2D eigenvalue weighted by molar-refractivity contribution is 5.78. The van der Waals surface area contributed by atoms with E-state index in [2.05, 4.69) is 0 Å². The van der Waals surface area contributed by atoms with Gasteiger partial charge in [-0.05, 0) is 20.3 Å². The zero-order chi connectivity index (χ0) is 8.91. The lowest BCUT2D eigenvalue weighted by Crippen LogP contribution is -2.38. The first-order valence-electron chi connectivity index (χ1n) is 3.83. The second-order valence-electron chi connectivity index (χ2n) is 2.51. The SMILES string of the molecule is CCOC(=O)C(C)(CC)OC. The van der Waals surface area contributed by atoms with Crippen LogP contribution < -0.4 is 0 Å². The highest BCUT2D eigenvalue weighted by atomic mass is 16.6. The lowest BCUT2D eigenvalue weighted by Gasteiger charge is -2.23. The van der Waals surface area contributed by atoms with Crippen molar-refractivity contribution >= 4 is 5.97 Å². The topological polar surface area (TPSA) is 35.5 Å². The van der Waals surface area contributed by atoms with Crippen LogP contribution in [0, 0.1) is 0 Å². The number of esters is 1. The van der Waals surface area contributed by atoms with Crippen LogP contribution in [0.2, 0.25) is 0 Å². The van der Waals surface area contributed by atoms with E-state index in [0.717, 1.165) is 0 Å². The average Bonchev–Trinajstić information content (AvgIpc) is 2.03. The van der Waals surface area contributed by atoms with Crippen LogP contribution in [0.5, 0.6) is 0 Å². The molecule has 3 heteroatoms. The number of rotatable bonds is 4. The number of ether oxygens (including phenoxy) is 2. The highest BCUT2D eigenvalue weighted by Crippen LogP contribution is 2.15. The van der Waals surface area contributed by atoms with Crippen LogP contribution in [0.1, 0.15) is 27.2 Å². The number of methoxy groups -OCH3 is 1. The summed E-state index contributed by atoms with van der Waals surface area (Å²) >= 11 is 0. The summed E-state index contributed by atoms with van der Waals surface area (Å²) in [6.07, 6.45) is 0.627. The van der Waals surface area contributed by atoms with Crippen molar-refractivity contribution in [3.63, 3.8) is 0 Å². The van der Waals surface area contributed by atoms with Gasteiger partial charge in [0.1, 0.15) is 0 Å². The van der Waals surface area contributed by atoms with Crippen LogP contribution in [0.4, 0.5) is 0 Å². The van der Waals surface area contributed by atoms with E-state index in [1.807, 2.05) is 6.92 Å². The Morgan fingerprint density at radius 1 is 1.45 bits per heavy atom. The van der Waals surface area contributed by atoms with Gasteiger partial charge in [0.2, 0.25) is 0 Å². The largest absolute Gasteiger partial charge is 0.464 e. The van der Waals surface area contributed by atoms with Crippen molar-refractivity contribution in [2.75, 3.05) is 13.7 Å². The lowest BCUT2D eigenvalue weighted by molar-refractivity contribution is -0.166. The maximum atomic E-state index is 11.2. The third-order valence-electron chi connectivity index (χ3n) is 1.83. The molecule has 0 fully saturated rings. The van der Waals surface area contributed by atoms with E-state index in [9.17, 15) is 4.79 Å². The predicted molar refractivity (Wildman–Crippen MR) is 42.3 cm³/mol. The molecule has 0 aliphatic heterocycles. The van der Waals surface area contributed by atoms with E-state index in [1.165, 1.54) is 7.11 Å². The van der Waals surface area contributed by atoms with E-state index in [0.29, 0.717) is 13.0 Å². The molecule has 0 aliphatic rings. The fourth-order valence-electron chi connectivity index (χ4n) is 0.656. The zero-order valence-corrected chi connectivity index (χ0v) is 7.64. The molecule has 0 aromatic heterocycles. The van der Waals surface area contributed by atoms with Crippen LogP contribution in [0.3, 0.4) is 0 Å². The van der Waals surface area contributed by atoms with Crippen LogP contribution in [-0.4, -0.2) is 25.3 Å². The van der Waals surface area contributed by atoms with Crippen molar-refractivity contribution in [3.05, 3.63) is 0 Å². The van der Waals surface area contributed by atoms with Gasteiger partial charge in [0.25, 0.3) is 0 Å². The normalized spacial score (nSPS) is 15.6. The number of hydrogen-bond donors (Lipinski definition) is 0. The molecule has 1 unspecified atom stereocenters. The molecule has 3 nitrogen and oxygen atoms in total. The van der Waals surface area contributed by atoms with Crippen molar-refractivity contribution in [2.24, 2.45) is 0 Å². The van der Waals surface area contributed by atoms with E-state index in [-0.39, 0.29) is 5.97 Å². The van der Waals surface area contributed by atoms with E-state index in [1.54, 1.807) is 13.8 Å². The number of carbonyl (C=O) groups is 1. The molecule has 1 atom stereocenters. The minimum atomic E-state index is -0.768. The summed E-state index contributed by atoms with van der Waals surface area (Å²) in [7, 11) is 1.51. The van der Waals surface area contributed by atoms with E-state index < -0.39 is 5.60 Å². The van der Waals surface area contributed by atoms with Crippen LogP contribution in [0.25, 0.3) is 0 Å². The molecule has 0 bridgehead atoms. The Morgan fingerprint density at radius 2 is 2.00 bits per heavy atom. The summed E-state index contributed by atoms with van der Waals surface area (Å²) in [5.74, 6) is -0.287. The van der Waals surface area contributed by atoms with Gasteiger partial charge in [-0.1, -0.05) is 6.92 Å². The van der Waals surface area contributed by atoms with Crippen molar-refractivity contribution in [3.8, 4) is 0 Å². The molecule has 0 amide bonds. The summed E-state index contributed by atoms with van der Waals surface area (Å²) in [4.78, 5) is 11.2. The zero-order valence-electron chi connectivity index (χ0n) is 7.64. The van der Waals surface area contributed by atoms with Gasteiger partial charge in [0, 0.05) is 7.11 Å². The molecule has 0 spiro atoms. The Hall–Kier alpha value is -0.570. The summed E-state index contributed by atoms with van der Waals surface area (Å²) < 4.78 is 9.85. The molecule has 0 radical (unpaired) electrons. The van der Waals surface area contributed by atoms with Gasteiger partial charge in [-0.2, -0.15) is 0 Å². The molecule has 0 saturated carbocycles. The fraction of sp³-hybridized carbons (Fsp3) is 0.875. The third-order valence-corrected chi connectivity index (χ3v) is 1.83. The van der Waals surface area contributed by atoms with Crippen molar-refractivity contribution in [1.82, 2.24) is 0 Å². The lowest BCUT2D eigenvalue weighted by atomic mass is 10.0. The van der Waals surface area contributed by atoms with Gasteiger partial charge < -0.3 is 9.47 Å². The Labute approximate surface area is 67.7 Å². The van der Waals surface area contributed by atoms with Gasteiger partial charge in [-0.25, -0.2) is 4.79 Å². The van der Waals surface area contributed by atoms with Gasteiger partial charge >= 0.3 is 5.97 Å². The Kier molecular flexibility index (Phi) is 4.11. The Morgan fingerprint density at radius 3 is 2.27 bits per heavy atom. The Bertz CT molecular complexity index is 127. The molecule has 11 heavy (non-hydrogen) atoms. The molecule has 66 valence electrons. The van der Waals surface area contributed by atoms with Crippen LogP contribution in [0.15, 0.2) is 0 Å². The highest BCUT2D eigenvalue weighted by Gasteiger charge is 2.32. The number of carbonyl (C=O) groups excluding carboxylic acids is 1. The monoisotopic (exact) mass is 160 g/mol. The molecule has 0 aromatic rings. The summed E-state index contributed by atoms with van der Waals surface area (Å²) in [6, 6.07) is 0. The first-order chi connectivity index (χ1) is 5.10. The maximum Gasteiger partial charge on any atom is 0.338 e. The first kappa shape index (κ1) is 10.4. The number of hydrogen-bond acceptors (Lipinski definition) is 3. The minimum Gasteiger partial charge on any atom is -0.464 e. The van der Waals surface area contributed by atoms with Crippen molar-refractivity contribution < 1.29 is 14.3 Å². The molecule has 0 saturated heterocycles. The van der Waals surface area contributed by atoms with Gasteiger partial charge in [0.05, 0.1) is 6.61 Å². The second-order valence-corrected chi connectivity index (χ2v) is 2.51. The van der Waals surface area contributed by atoms with Gasteiger partial charge in [0.15, 0.2) is 5.60 Å². The maximum absolute atomic E-state index is 11.2. The van der Waals surface area contributed by atoms with Crippen molar-refractivity contribution in [1.29, 1.82) is 0 Å². The molecular weight excluding hydrogens is 144 g/mol. The first-order valence-corrected chi connectivity index (χ1v) is 3.83. The van der Waals surface area contributed by atoms with E-state index >= 15 is 0 Å². The van der Waals surface area contributed by atoms with Gasteiger partial charge in [-0.15, -0.1) is 0 Å². The third kappa shape index (κ3) is 2.50. The fourth-order valence-corrected chi connectivity index (χ4v) is 0.656. The van der Waals surface area contributed by atoms with Gasteiger partial charge in [-0.3, -0.25) is 0 Å². The summed E-state index contributed by atoms with van der Waals surface area (Å²) in [5.41, 5.74) is -0.768. The standard InChI is InChI=1S/C8H16O3/c1-5-8(3,10-4)7(9)11-6-2/h5-6H2,1-4H3. The molecular formula is C8H16O3. The quantitative estimate of drug-likeness (QED) is 0.582.